The first-order valence-corrected chi connectivity index (χ1v) is 6.05. The molecule has 0 aliphatic rings. The highest BCUT2D eigenvalue weighted by molar-refractivity contribution is 6.32. The Morgan fingerprint density at radius 1 is 1.21 bits per heavy atom. The number of methoxy groups -OCH3 is 2. The minimum atomic E-state index is -0.852. The lowest BCUT2D eigenvalue weighted by molar-refractivity contribution is 0.213. The zero-order valence-electron chi connectivity index (χ0n) is 10.6. The quantitative estimate of drug-likeness (QED) is 0.935. The van der Waals surface area contributed by atoms with E-state index in [2.05, 4.69) is 4.98 Å². The highest BCUT2D eigenvalue weighted by Gasteiger charge is 2.17. The molecule has 2 aromatic rings. The second kappa shape index (κ2) is 5.91. The third-order valence-electron chi connectivity index (χ3n) is 2.78. The summed E-state index contributed by atoms with van der Waals surface area (Å²) in [5, 5.41) is 10.9. The second-order valence-electron chi connectivity index (χ2n) is 3.90. The van der Waals surface area contributed by atoms with Gasteiger partial charge in [-0.15, -0.1) is 0 Å². The van der Waals surface area contributed by atoms with Crippen LogP contribution in [0.4, 0.5) is 0 Å². The van der Waals surface area contributed by atoms with E-state index in [0.29, 0.717) is 27.8 Å². The highest BCUT2D eigenvalue weighted by Crippen LogP contribution is 2.32. The molecular weight excluding hydrogens is 266 g/mol. The van der Waals surface area contributed by atoms with Crippen LogP contribution in [0.2, 0.25) is 5.02 Å². The number of benzene rings is 1. The van der Waals surface area contributed by atoms with Gasteiger partial charge in [0.1, 0.15) is 11.9 Å². The molecule has 4 nitrogen and oxygen atoms in total. The van der Waals surface area contributed by atoms with Crippen molar-refractivity contribution in [2.75, 3.05) is 14.2 Å². The molecule has 0 saturated carbocycles. The molecule has 0 radical (unpaired) electrons. The van der Waals surface area contributed by atoms with E-state index in [0.717, 1.165) is 0 Å². The van der Waals surface area contributed by atoms with Crippen LogP contribution in [-0.4, -0.2) is 24.3 Å². The SMILES string of the molecule is COc1cc(C(O)c2cccnc2OC)ccc1Cl. The van der Waals surface area contributed by atoms with Crippen molar-refractivity contribution in [1.29, 1.82) is 0 Å². The van der Waals surface area contributed by atoms with Crippen molar-refractivity contribution < 1.29 is 14.6 Å². The summed E-state index contributed by atoms with van der Waals surface area (Å²) in [5.74, 6) is 0.907. The molecule has 1 heterocycles. The maximum atomic E-state index is 10.4. The molecule has 0 bridgehead atoms. The Kier molecular flexibility index (Phi) is 4.24. The average Bonchev–Trinajstić information content (AvgIpc) is 2.47. The number of rotatable bonds is 4. The Hall–Kier alpha value is -1.78. The van der Waals surface area contributed by atoms with Gasteiger partial charge in [-0.3, -0.25) is 0 Å². The van der Waals surface area contributed by atoms with Gasteiger partial charge < -0.3 is 14.6 Å². The van der Waals surface area contributed by atoms with Crippen molar-refractivity contribution in [2.24, 2.45) is 0 Å². The van der Waals surface area contributed by atoms with E-state index >= 15 is 0 Å². The molecule has 0 spiro atoms. The predicted octanol–water partition coefficient (Wildman–Crippen LogP) is 2.83. The van der Waals surface area contributed by atoms with Crippen LogP contribution in [0.3, 0.4) is 0 Å². The number of aromatic nitrogens is 1. The third kappa shape index (κ3) is 2.80. The van der Waals surface area contributed by atoms with Crippen molar-refractivity contribution in [3.63, 3.8) is 0 Å². The highest BCUT2D eigenvalue weighted by atomic mass is 35.5. The minimum absolute atomic E-state index is 0.393. The number of hydrogen-bond acceptors (Lipinski definition) is 4. The van der Waals surface area contributed by atoms with Gasteiger partial charge in [0.15, 0.2) is 0 Å². The first-order chi connectivity index (χ1) is 9.17. The molecule has 100 valence electrons. The number of halogens is 1. The fourth-order valence-corrected chi connectivity index (χ4v) is 2.00. The number of nitrogens with zero attached hydrogens (tertiary/aromatic N) is 1. The molecule has 0 aliphatic carbocycles. The molecule has 0 fully saturated rings. The van der Waals surface area contributed by atoms with E-state index in [9.17, 15) is 5.11 Å². The van der Waals surface area contributed by atoms with Gasteiger partial charge in [0.05, 0.1) is 19.2 Å². The lowest BCUT2D eigenvalue weighted by Crippen LogP contribution is -2.04. The topological polar surface area (TPSA) is 51.6 Å². The van der Waals surface area contributed by atoms with Crippen LogP contribution in [0.1, 0.15) is 17.2 Å². The van der Waals surface area contributed by atoms with Gasteiger partial charge in [0.25, 0.3) is 0 Å². The standard InChI is InChI=1S/C14H14ClNO3/c1-18-12-8-9(5-6-11(12)15)13(17)10-4-3-7-16-14(10)19-2/h3-8,13,17H,1-2H3. The van der Waals surface area contributed by atoms with Crippen molar-refractivity contribution in [1.82, 2.24) is 4.98 Å². The molecule has 0 amide bonds. The molecule has 0 aliphatic heterocycles. The zero-order valence-corrected chi connectivity index (χ0v) is 11.4. The monoisotopic (exact) mass is 279 g/mol. The summed E-state index contributed by atoms with van der Waals surface area (Å²) in [4.78, 5) is 4.06. The lowest BCUT2D eigenvalue weighted by Gasteiger charge is -2.15. The maximum Gasteiger partial charge on any atom is 0.219 e. The van der Waals surface area contributed by atoms with E-state index in [1.165, 1.54) is 14.2 Å². The van der Waals surface area contributed by atoms with E-state index in [1.807, 2.05) is 0 Å². The van der Waals surface area contributed by atoms with Gasteiger partial charge in [-0.1, -0.05) is 17.7 Å². The van der Waals surface area contributed by atoms with Gasteiger partial charge >= 0.3 is 0 Å². The largest absolute Gasteiger partial charge is 0.495 e. The molecular formula is C14H14ClNO3. The van der Waals surface area contributed by atoms with E-state index in [-0.39, 0.29) is 0 Å². The van der Waals surface area contributed by atoms with Crippen LogP contribution in [0.5, 0.6) is 11.6 Å². The summed E-state index contributed by atoms with van der Waals surface area (Å²) in [6.45, 7) is 0. The Balaban J connectivity index is 2.41. The molecule has 0 saturated heterocycles. The maximum absolute atomic E-state index is 10.4. The minimum Gasteiger partial charge on any atom is -0.495 e. The van der Waals surface area contributed by atoms with Crippen molar-refractivity contribution in [3.05, 3.63) is 52.7 Å². The van der Waals surface area contributed by atoms with Gasteiger partial charge in [0, 0.05) is 11.8 Å². The fraction of sp³-hybridized carbons (Fsp3) is 0.214. The molecule has 1 aromatic carbocycles. The Morgan fingerprint density at radius 2 is 2.00 bits per heavy atom. The zero-order chi connectivity index (χ0) is 13.8. The first kappa shape index (κ1) is 13.6. The predicted molar refractivity (Wildman–Crippen MR) is 72.9 cm³/mol. The van der Waals surface area contributed by atoms with Gasteiger partial charge in [0.2, 0.25) is 5.88 Å². The number of hydrogen-bond donors (Lipinski definition) is 1. The van der Waals surface area contributed by atoms with Gasteiger partial charge in [-0.2, -0.15) is 0 Å². The van der Waals surface area contributed by atoms with Crippen molar-refractivity contribution >= 4 is 11.6 Å². The molecule has 1 N–H and O–H groups in total. The molecule has 5 heteroatoms. The first-order valence-electron chi connectivity index (χ1n) is 5.67. The van der Waals surface area contributed by atoms with E-state index in [1.54, 1.807) is 36.5 Å². The molecule has 1 atom stereocenters. The van der Waals surface area contributed by atoms with E-state index < -0.39 is 6.10 Å². The Bertz CT molecular complexity index is 574. The van der Waals surface area contributed by atoms with Crippen LogP contribution in [0, 0.1) is 0 Å². The Morgan fingerprint density at radius 3 is 2.68 bits per heavy atom. The third-order valence-corrected chi connectivity index (χ3v) is 3.09. The summed E-state index contributed by atoms with van der Waals surface area (Å²) >= 11 is 5.96. The second-order valence-corrected chi connectivity index (χ2v) is 4.31. The van der Waals surface area contributed by atoms with Crippen LogP contribution >= 0.6 is 11.6 Å². The number of ether oxygens (including phenoxy) is 2. The summed E-state index contributed by atoms with van der Waals surface area (Å²) in [7, 11) is 3.04. The van der Waals surface area contributed by atoms with Crippen LogP contribution in [-0.2, 0) is 0 Å². The number of aliphatic hydroxyl groups excluding tert-OH is 1. The summed E-state index contributed by atoms with van der Waals surface area (Å²) in [6, 6.07) is 8.62. The van der Waals surface area contributed by atoms with Crippen molar-refractivity contribution in [3.8, 4) is 11.6 Å². The van der Waals surface area contributed by atoms with Gasteiger partial charge in [-0.25, -0.2) is 4.98 Å². The van der Waals surface area contributed by atoms with Crippen LogP contribution in [0.15, 0.2) is 36.5 Å². The smallest absolute Gasteiger partial charge is 0.219 e. The van der Waals surface area contributed by atoms with E-state index in [4.69, 9.17) is 21.1 Å². The average molecular weight is 280 g/mol. The summed E-state index contributed by atoms with van der Waals surface area (Å²) < 4.78 is 10.3. The van der Waals surface area contributed by atoms with Crippen LogP contribution < -0.4 is 9.47 Å². The molecule has 1 aromatic heterocycles. The lowest BCUT2D eigenvalue weighted by atomic mass is 10.0. The fourth-order valence-electron chi connectivity index (χ4n) is 1.81. The normalized spacial score (nSPS) is 12.0. The van der Waals surface area contributed by atoms with Gasteiger partial charge in [-0.05, 0) is 29.8 Å². The number of aliphatic hydroxyl groups is 1. The van der Waals surface area contributed by atoms with Crippen molar-refractivity contribution in [2.45, 2.75) is 6.10 Å². The molecule has 2 rings (SSSR count). The summed E-state index contributed by atoms with van der Waals surface area (Å²) in [6.07, 6.45) is 0.757. The van der Waals surface area contributed by atoms with Crippen LogP contribution in [0.25, 0.3) is 0 Å². The molecule has 19 heavy (non-hydrogen) atoms. The summed E-state index contributed by atoms with van der Waals surface area (Å²) in [5.41, 5.74) is 1.25. The number of pyridine rings is 1. The Labute approximate surface area is 116 Å². The molecule has 1 unspecified atom stereocenters.